The number of guanidine groups is 1. The third kappa shape index (κ3) is 6.46. The summed E-state index contributed by atoms with van der Waals surface area (Å²) < 4.78 is 0. The van der Waals surface area contributed by atoms with Crippen molar-refractivity contribution < 1.29 is 9.59 Å². The number of halogens is 1. The molecule has 1 atom stereocenters. The largest absolute Gasteiger partial charge is 0.356 e. The van der Waals surface area contributed by atoms with Gasteiger partial charge in [-0.1, -0.05) is 30.3 Å². The Balaban J connectivity index is 0.00000306. The third-order valence-corrected chi connectivity index (χ3v) is 6.12. The van der Waals surface area contributed by atoms with Crippen LogP contribution in [-0.2, 0) is 11.3 Å². The lowest BCUT2D eigenvalue weighted by Crippen LogP contribution is -2.40. The summed E-state index contributed by atoms with van der Waals surface area (Å²) >= 11 is 0. The molecule has 2 heterocycles. The van der Waals surface area contributed by atoms with Crippen LogP contribution in [0, 0.1) is 0 Å². The van der Waals surface area contributed by atoms with E-state index in [1.54, 1.807) is 7.05 Å². The zero-order valence-electron chi connectivity index (χ0n) is 19.0. The molecule has 1 saturated heterocycles. The molecule has 0 saturated carbocycles. The van der Waals surface area contributed by atoms with Crippen molar-refractivity contribution in [1.82, 2.24) is 15.5 Å². The minimum atomic E-state index is 0. The number of nitrogens with zero attached hydrogens (tertiary/aromatic N) is 2. The Hall–Kier alpha value is -2.62. The van der Waals surface area contributed by atoms with Gasteiger partial charge in [-0.15, -0.1) is 24.0 Å². The van der Waals surface area contributed by atoms with E-state index in [9.17, 15) is 9.59 Å². The first-order valence-corrected chi connectivity index (χ1v) is 11.4. The van der Waals surface area contributed by atoms with E-state index in [0.717, 1.165) is 48.3 Å². The summed E-state index contributed by atoms with van der Waals surface area (Å²) in [5.74, 6) is 0.905. The normalized spacial score (nSPS) is 18.0. The number of hydrogen-bond acceptors (Lipinski definition) is 3. The molecule has 0 aromatic heterocycles. The maximum atomic E-state index is 12.8. The monoisotopic (exact) mass is 561 g/mol. The van der Waals surface area contributed by atoms with E-state index in [1.165, 1.54) is 6.42 Å². The Bertz CT molecular complexity index is 1000. The van der Waals surface area contributed by atoms with Gasteiger partial charge in [-0.2, -0.15) is 0 Å². The molecule has 0 bridgehead atoms. The van der Waals surface area contributed by atoms with Gasteiger partial charge in [0.1, 0.15) is 0 Å². The molecule has 4 rings (SSSR count). The fourth-order valence-electron chi connectivity index (χ4n) is 4.40. The first-order valence-electron chi connectivity index (χ1n) is 11.4. The molecular formula is C25H32IN5O2. The van der Waals surface area contributed by atoms with Crippen molar-refractivity contribution in [1.29, 1.82) is 0 Å². The van der Waals surface area contributed by atoms with Gasteiger partial charge in [0.25, 0.3) is 5.91 Å². The lowest BCUT2D eigenvalue weighted by atomic mass is 9.90. The predicted molar refractivity (Wildman–Crippen MR) is 142 cm³/mol. The molecule has 2 aliphatic rings. The van der Waals surface area contributed by atoms with Gasteiger partial charge in [0, 0.05) is 56.8 Å². The molecule has 3 N–H and O–H groups in total. The molecule has 1 fully saturated rings. The number of fused-ring (bicyclic) bond motifs is 1. The number of hydrogen-bond donors (Lipinski definition) is 3. The molecule has 7 nitrogen and oxygen atoms in total. The highest BCUT2D eigenvalue weighted by atomic mass is 127. The summed E-state index contributed by atoms with van der Waals surface area (Å²) in [5.41, 5.74) is 3.78. The predicted octanol–water partition coefficient (Wildman–Crippen LogP) is 3.72. The van der Waals surface area contributed by atoms with Crippen LogP contribution in [0.3, 0.4) is 0 Å². The second-order valence-corrected chi connectivity index (χ2v) is 8.40. The quantitative estimate of drug-likeness (QED) is 0.295. The van der Waals surface area contributed by atoms with E-state index in [-0.39, 0.29) is 41.7 Å². The minimum absolute atomic E-state index is 0. The Morgan fingerprint density at radius 2 is 1.88 bits per heavy atom. The van der Waals surface area contributed by atoms with Crippen molar-refractivity contribution in [2.75, 3.05) is 32.0 Å². The third-order valence-electron chi connectivity index (χ3n) is 6.12. The summed E-state index contributed by atoms with van der Waals surface area (Å²) in [6, 6.07) is 15.7. The number of amides is 2. The zero-order chi connectivity index (χ0) is 22.3. The summed E-state index contributed by atoms with van der Waals surface area (Å²) in [5, 5.41) is 9.60. The molecule has 2 aromatic carbocycles. The smallest absolute Gasteiger partial charge is 0.253 e. The van der Waals surface area contributed by atoms with Crippen LogP contribution in [0.15, 0.2) is 53.5 Å². The lowest BCUT2D eigenvalue weighted by molar-refractivity contribution is -0.116. The SMILES string of the molecule is CN=C(NCc1cccc(C(=O)N2CCCCC2)c1)NCC1CC(=O)Nc2ccccc21.I. The van der Waals surface area contributed by atoms with Crippen LogP contribution in [0.1, 0.15) is 53.1 Å². The van der Waals surface area contributed by atoms with Gasteiger partial charge in [-0.3, -0.25) is 14.6 Å². The molecule has 0 aliphatic carbocycles. The van der Waals surface area contributed by atoms with Crippen molar-refractivity contribution in [2.24, 2.45) is 4.99 Å². The number of para-hydroxylation sites is 1. The van der Waals surface area contributed by atoms with E-state index in [4.69, 9.17) is 0 Å². The summed E-state index contributed by atoms with van der Waals surface area (Å²) in [6.45, 7) is 2.86. The van der Waals surface area contributed by atoms with Crippen molar-refractivity contribution in [2.45, 2.75) is 38.1 Å². The van der Waals surface area contributed by atoms with Crippen LogP contribution in [0.5, 0.6) is 0 Å². The number of carbonyl (C=O) groups excluding carboxylic acids is 2. The second-order valence-electron chi connectivity index (χ2n) is 8.40. The van der Waals surface area contributed by atoms with Gasteiger partial charge >= 0.3 is 0 Å². The van der Waals surface area contributed by atoms with E-state index in [0.29, 0.717) is 25.5 Å². The highest BCUT2D eigenvalue weighted by Gasteiger charge is 2.24. The number of carbonyl (C=O) groups is 2. The molecule has 0 spiro atoms. The number of rotatable bonds is 5. The molecule has 8 heteroatoms. The minimum Gasteiger partial charge on any atom is -0.356 e. The van der Waals surface area contributed by atoms with Crippen LogP contribution >= 0.6 is 24.0 Å². The van der Waals surface area contributed by atoms with Crippen molar-refractivity contribution >= 4 is 47.4 Å². The van der Waals surface area contributed by atoms with Crippen molar-refractivity contribution in [3.05, 3.63) is 65.2 Å². The first-order chi connectivity index (χ1) is 15.6. The molecule has 1 unspecified atom stereocenters. The van der Waals surface area contributed by atoms with Crippen molar-refractivity contribution in [3.8, 4) is 0 Å². The van der Waals surface area contributed by atoms with Gasteiger partial charge in [0.05, 0.1) is 0 Å². The van der Waals surface area contributed by atoms with Crippen LogP contribution in [-0.4, -0.2) is 49.4 Å². The topological polar surface area (TPSA) is 85.8 Å². The van der Waals surface area contributed by atoms with Gasteiger partial charge in [0.15, 0.2) is 5.96 Å². The summed E-state index contributed by atoms with van der Waals surface area (Å²) in [6.07, 6.45) is 3.82. The Labute approximate surface area is 212 Å². The van der Waals surface area contributed by atoms with Crippen LogP contribution in [0.2, 0.25) is 0 Å². The highest BCUT2D eigenvalue weighted by Crippen LogP contribution is 2.31. The first kappa shape index (κ1) is 25.0. The number of nitrogens with one attached hydrogen (secondary N) is 3. The maximum absolute atomic E-state index is 12.8. The summed E-state index contributed by atoms with van der Waals surface area (Å²) in [4.78, 5) is 31.1. The molecule has 0 radical (unpaired) electrons. The fourth-order valence-corrected chi connectivity index (χ4v) is 4.40. The van der Waals surface area contributed by atoms with Gasteiger partial charge in [-0.05, 0) is 48.6 Å². The number of piperidine rings is 1. The lowest BCUT2D eigenvalue weighted by Gasteiger charge is -2.27. The molecule has 2 aromatic rings. The maximum Gasteiger partial charge on any atom is 0.253 e. The van der Waals surface area contributed by atoms with E-state index >= 15 is 0 Å². The second kappa shape index (κ2) is 12.0. The van der Waals surface area contributed by atoms with Gasteiger partial charge in [0.2, 0.25) is 5.91 Å². The van der Waals surface area contributed by atoms with Crippen LogP contribution in [0.4, 0.5) is 5.69 Å². The Morgan fingerprint density at radius 3 is 2.67 bits per heavy atom. The zero-order valence-corrected chi connectivity index (χ0v) is 21.3. The molecule has 2 aliphatic heterocycles. The Kier molecular flexibility index (Phi) is 9.11. The Morgan fingerprint density at radius 1 is 1.09 bits per heavy atom. The number of aliphatic imine (C=N–C) groups is 1. The molecule has 176 valence electrons. The molecular weight excluding hydrogens is 529 g/mol. The van der Waals surface area contributed by atoms with Gasteiger partial charge < -0.3 is 20.9 Å². The number of benzene rings is 2. The number of likely N-dealkylation sites (tertiary alicyclic amines) is 1. The average Bonchev–Trinajstić information content (AvgIpc) is 2.84. The van der Waals surface area contributed by atoms with Gasteiger partial charge in [-0.25, -0.2) is 0 Å². The standard InChI is InChI=1S/C25H31N5O2.HI/c1-26-25(28-17-20-15-23(31)29-22-11-4-3-10-21(20)22)27-16-18-8-7-9-19(14-18)24(32)30-12-5-2-6-13-30;/h3-4,7-11,14,20H,2,5-6,12-13,15-17H2,1H3,(H,29,31)(H2,26,27,28);1H. The number of anilines is 1. The highest BCUT2D eigenvalue weighted by molar-refractivity contribution is 14.0. The summed E-state index contributed by atoms with van der Waals surface area (Å²) in [7, 11) is 1.73. The van der Waals surface area contributed by atoms with Crippen molar-refractivity contribution in [3.63, 3.8) is 0 Å². The molecule has 2 amide bonds. The van der Waals surface area contributed by atoms with Crippen LogP contribution < -0.4 is 16.0 Å². The molecule has 33 heavy (non-hydrogen) atoms. The van der Waals surface area contributed by atoms with E-state index < -0.39 is 0 Å². The fraction of sp³-hybridized carbons (Fsp3) is 0.400. The van der Waals surface area contributed by atoms with E-state index in [1.807, 2.05) is 47.4 Å². The van der Waals surface area contributed by atoms with E-state index in [2.05, 4.69) is 27.0 Å². The van der Waals surface area contributed by atoms with Crippen LogP contribution in [0.25, 0.3) is 0 Å². The average molecular weight is 561 g/mol.